The van der Waals surface area contributed by atoms with E-state index >= 15 is 0 Å². The van der Waals surface area contributed by atoms with E-state index in [1.165, 1.54) is 0 Å². The summed E-state index contributed by atoms with van der Waals surface area (Å²) in [6.07, 6.45) is 0.752. The van der Waals surface area contributed by atoms with Gasteiger partial charge in [0.1, 0.15) is 0 Å². The van der Waals surface area contributed by atoms with Crippen molar-refractivity contribution in [3.05, 3.63) is 59.7 Å². The number of nitrogen functional groups attached to an aromatic ring is 1. The van der Waals surface area contributed by atoms with Crippen LogP contribution < -0.4 is 11.1 Å². The van der Waals surface area contributed by atoms with Crippen LogP contribution in [0.3, 0.4) is 0 Å². The third kappa shape index (κ3) is 2.99. The zero-order valence-corrected chi connectivity index (χ0v) is 11.9. The summed E-state index contributed by atoms with van der Waals surface area (Å²) in [4.78, 5) is 12.5. The van der Waals surface area contributed by atoms with Crippen molar-refractivity contribution in [3.8, 4) is 0 Å². The van der Waals surface area contributed by atoms with Gasteiger partial charge in [-0.3, -0.25) is 4.79 Å². The zero-order valence-electron chi connectivity index (χ0n) is 11.9. The Morgan fingerprint density at radius 2 is 1.85 bits per heavy atom. The summed E-state index contributed by atoms with van der Waals surface area (Å²) in [5, 5.41) is 2.96. The number of benzene rings is 2. The summed E-state index contributed by atoms with van der Waals surface area (Å²) < 4.78 is 0. The van der Waals surface area contributed by atoms with Crippen LogP contribution >= 0.6 is 0 Å². The van der Waals surface area contributed by atoms with Gasteiger partial charge < -0.3 is 11.1 Å². The van der Waals surface area contributed by atoms with Gasteiger partial charge in [-0.1, -0.05) is 49.4 Å². The molecule has 1 amide bonds. The molecule has 2 rings (SSSR count). The molecule has 0 aliphatic heterocycles. The number of amides is 1. The quantitative estimate of drug-likeness (QED) is 0.830. The molecule has 20 heavy (non-hydrogen) atoms. The van der Waals surface area contributed by atoms with E-state index in [4.69, 9.17) is 5.73 Å². The van der Waals surface area contributed by atoms with Crippen LogP contribution in [0.5, 0.6) is 0 Å². The highest BCUT2D eigenvalue weighted by Crippen LogP contribution is 2.26. The molecule has 0 bridgehead atoms. The summed E-state index contributed by atoms with van der Waals surface area (Å²) in [5.41, 5.74) is 9.25. The maximum absolute atomic E-state index is 12.5. The molecule has 104 valence electrons. The smallest absolute Gasteiger partial charge is 0.231 e. The molecule has 0 aromatic heterocycles. The first kappa shape index (κ1) is 14.1. The lowest BCUT2D eigenvalue weighted by molar-refractivity contribution is -0.117. The van der Waals surface area contributed by atoms with E-state index in [-0.39, 0.29) is 11.8 Å². The van der Waals surface area contributed by atoms with Crippen molar-refractivity contribution in [2.24, 2.45) is 0 Å². The van der Waals surface area contributed by atoms with E-state index in [1.54, 1.807) is 6.07 Å². The van der Waals surface area contributed by atoms with Crippen molar-refractivity contribution in [1.82, 2.24) is 0 Å². The van der Waals surface area contributed by atoms with E-state index in [9.17, 15) is 4.79 Å². The van der Waals surface area contributed by atoms with Gasteiger partial charge >= 0.3 is 0 Å². The molecule has 1 unspecified atom stereocenters. The van der Waals surface area contributed by atoms with Gasteiger partial charge in [-0.25, -0.2) is 0 Å². The minimum absolute atomic E-state index is 0.0142. The van der Waals surface area contributed by atoms with Crippen molar-refractivity contribution >= 4 is 17.3 Å². The molecule has 3 heteroatoms. The van der Waals surface area contributed by atoms with Crippen LogP contribution in [0.2, 0.25) is 0 Å². The van der Waals surface area contributed by atoms with Gasteiger partial charge in [0.25, 0.3) is 0 Å². The van der Waals surface area contributed by atoms with E-state index in [1.807, 2.05) is 56.3 Å². The first-order valence-electron chi connectivity index (χ1n) is 6.84. The Morgan fingerprint density at radius 3 is 2.45 bits per heavy atom. The number of anilines is 2. The van der Waals surface area contributed by atoms with Crippen LogP contribution in [0.4, 0.5) is 11.4 Å². The van der Waals surface area contributed by atoms with Gasteiger partial charge in [0.05, 0.1) is 17.3 Å². The second-order valence-electron chi connectivity index (χ2n) is 4.90. The Balaban J connectivity index is 2.23. The molecule has 3 N–H and O–H groups in total. The van der Waals surface area contributed by atoms with Crippen molar-refractivity contribution in [1.29, 1.82) is 0 Å². The standard InChI is InChI=1S/C17H20N2O/c1-3-14(13-9-5-4-6-10-13)17(20)19-16-12(2)8-7-11-15(16)18/h4-11,14H,3,18H2,1-2H3,(H,19,20). The lowest BCUT2D eigenvalue weighted by Gasteiger charge is -2.17. The Hall–Kier alpha value is -2.29. The zero-order chi connectivity index (χ0) is 14.5. The lowest BCUT2D eigenvalue weighted by Crippen LogP contribution is -2.21. The SMILES string of the molecule is CCC(C(=O)Nc1c(C)cccc1N)c1ccccc1. The third-order valence-electron chi connectivity index (χ3n) is 3.48. The van der Waals surface area contributed by atoms with Crippen LogP contribution in [-0.2, 0) is 4.79 Å². The number of hydrogen-bond donors (Lipinski definition) is 2. The van der Waals surface area contributed by atoms with E-state index in [2.05, 4.69) is 5.32 Å². The molecule has 0 spiro atoms. The molecular weight excluding hydrogens is 248 g/mol. The van der Waals surface area contributed by atoms with Crippen molar-refractivity contribution in [3.63, 3.8) is 0 Å². The third-order valence-corrected chi connectivity index (χ3v) is 3.48. The van der Waals surface area contributed by atoms with E-state index < -0.39 is 0 Å². The predicted octanol–water partition coefficient (Wildman–Crippen LogP) is 3.71. The van der Waals surface area contributed by atoms with Gasteiger partial charge in [0, 0.05) is 0 Å². The summed E-state index contributed by atoms with van der Waals surface area (Å²) in [6.45, 7) is 3.95. The van der Waals surface area contributed by atoms with Crippen LogP contribution in [0.25, 0.3) is 0 Å². The predicted molar refractivity (Wildman–Crippen MR) is 83.7 cm³/mol. The Bertz CT molecular complexity index is 573. The summed E-state index contributed by atoms with van der Waals surface area (Å²) in [7, 11) is 0. The molecule has 0 saturated carbocycles. The lowest BCUT2D eigenvalue weighted by atomic mass is 9.95. The fourth-order valence-corrected chi connectivity index (χ4v) is 2.33. The van der Waals surface area contributed by atoms with Gasteiger partial charge in [-0.05, 0) is 30.5 Å². The molecule has 3 nitrogen and oxygen atoms in total. The highest BCUT2D eigenvalue weighted by molar-refractivity contribution is 5.98. The Morgan fingerprint density at radius 1 is 1.15 bits per heavy atom. The fourth-order valence-electron chi connectivity index (χ4n) is 2.33. The van der Waals surface area contributed by atoms with Crippen molar-refractivity contribution in [2.75, 3.05) is 11.1 Å². The number of nitrogens with two attached hydrogens (primary N) is 1. The number of carbonyl (C=O) groups excluding carboxylic acids is 1. The first-order valence-corrected chi connectivity index (χ1v) is 6.84. The molecule has 2 aromatic rings. The number of hydrogen-bond acceptors (Lipinski definition) is 2. The summed E-state index contributed by atoms with van der Waals surface area (Å²) in [6, 6.07) is 15.4. The first-order chi connectivity index (χ1) is 9.63. The van der Waals surface area contributed by atoms with Gasteiger partial charge in [-0.2, -0.15) is 0 Å². The number of carbonyl (C=O) groups is 1. The minimum atomic E-state index is -0.157. The largest absolute Gasteiger partial charge is 0.397 e. The monoisotopic (exact) mass is 268 g/mol. The van der Waals surface area contributed by atoms with Gasteiger partial charge in [0.2, 0.25) is 5.91 Å². The topological polar surface area (TPSA) is 55.1 Å². The minimum Gasteiger partial charge on any atom is -0.397 e. The highest BCUT2D eigenvalue weighted by Gasteiger charge is 2.19. The molecule has 0 fully saturated rings. The Kier molecular flexibility index (Phi) is 4.41. The number of rotatable bonds is 4. The molecular formula is C17H20N2O. The highest BCUT2D eigenvalue weighted by atomic mass is 16.1. The van der Waals surface area contributed by atoms with Crippen molar-refractivity contribution in [2.45, 2.75) is 26.2 Å². The molecule has 0 radical (unpaired) electrons. The fraction of sp³-hybridized carbons (Fsp3) is 0.235. The van der Waals surface area contributed by atoms with Crippen LogP contribution in [-0.4, -0.2) is 5.91 Å². The van der Waals surface area contributed by atoms with Crippen LogP contribution in [0.1, 0.15) is 30.4 Å². The molecule has 0 heterocycles. The average Bonchev–Trinajstić information content (AvgIpc) is 2.45. The van der Waals surface area contributed by atoms with Gasteiger partial charge in [-0.15, -0.1) is 0 Å². The van der Waals surface area contributed by atoms with E-state index in [0.717, 1.165) is 17.5 Å². The molecule has 2 aromatic carbocycles. The summed E-state index contributed by atoms with van der Waals surface area (Å²) >= 11 is 0. The van der Waals surface area contributed by atoms with E-state index in [0.29, 0.717) is 11.4 Å². The molecule has 1 atom stereocenters. The molecule has 0 aliphatic carbocycles. The Labute approximate surface area is 119 Å². The van der Waals surface area contributed by atoms with Crippen LogP contribution in [0, 0.1) is 6.92 Å². The van der Waals surface area contributed by atoms with Crippen LogP contribution in [0.15, 0.2) is 48.5 Å². The second-order valence-corrected chi connectivity index (χ2v) is 4.90. The molecule has 0 saturated heterocycles. The maximum Gasteiger partial charge on any atom is 0.231 e. The maximum atomic E-state index is 12.5. The second kappa shape index (κ2) is 6.24. The number of nitrogens with one attached hydrogen (secondary N) is 1. The normalized spacial score (nSPS) is 11.9. The number of aryl methyl sites for hydroxylation is 1. The number of para-hydroxylation sites is 1. The summed E-state index contributed by atoms with van der Waals surface area (Å²) in [5.74, 6) is -0.171. The van der Waals surface area contributed by atoms with Crippen molar-refractivity contribution < 1.29 is 4.79 Å². The average molecular weight is 268 g/mol. The van der Waals surface area contributed by atoms with Gasteiger partial charge in [0.15, 0.2) is 0 Å². The molecule has 0 aliphatic rings.